The molecule has 6 heteroatoms. The van der Waals surface area contributed by atoms with E-state index >= 15 is 0 Å². The molecule has 1 saturated heterocycles. The van der Waals surface area contributed by atoms with Gasteiger partial charge in [-0.25, -0.2) is 9.59 Å². The van der Waals surface area contributed by atoms with Gasteiger partial charge in [0.25, 0.3) is 0 Å². The van der Waals surface area contributed by atoms with Crippen LogP contribution in [0.2, 0.25) is 0 Å². The van der Waals surface area contributed by atoms with Crippen molar-refractivity contribution < 1.29 is 23.9 Å². The summed E-state index contributed by atoms with van der Waals surface area (Å²) in [5, 5.41) is 0. The first kappa shape index (κ1) is 12.1. The molecule has 0 bridgehead atoms. The molecule has 2 N–H and O–H groups in total. The van der Waals surface area contributed by atoms with Crippen LogP contribution in [0.3, 0.4) is 0 Å². The first-order valence-electron chi connectivity index (χ1n) is 5.35. The van der Waals surface area contributed by atoms with E-state index in [1.165, 1.54) is 24.3 Å². The smallest absolute Gasteiger partial charge is 0.347 e. The Labute approximate surface area is 103 Å². The molecule has 1 aromatic carbocycles. The molecule has 1 fully saturated rings. The van der Waals surface area contributed by atoms with Gasteiger partial charge in [0.2, 0.25) is 12.0 Å². The highest BCUT2D eigenvalue weighted by Gasteiger charge is 2.30. The Kier molecular flexibility index (Phi) is 3.27. The van der Waals surface area contributed by atoms with E-state index in [4.69, 9.17) is 10.5 Å². The largest absolute Gasteiger partial charge is 0.463 e. The highest BCUT2D eigenvalue weighted by Crippen LogP contribution is 2.13. The number of rotatable bonds is 3. The Morgan fingerprint density at radius 2 is 1.83 bits per heavy atom. The summed E-state index contributed by atoms with van der Waals surface area (Å²) in [6.45, 7) is 0.261. The summed E-state index contributed by atoms with van der Waals surface area (Å²) in [6.07, 6.45) is -0.474. The van der Waals surface area contributed by atoms with Crippen LogP contribution in [-0.2, 0) is 14.3 Å². The molecule has 1 aliphatic heterocycles. The molecule has 1 aromatic rings. The van der Waals surface area contributed by atoms with Crippen LogP contribution in [0.5, 0.6) is 0 Å². The minimum absolute atomic E-state index is 0.250. The highest BCUT2D eigenvalue weighted by atomic mass is 16.6. The Bertz CT molecular complexity index is 494. The summed E-state index contributed by atoms with van der Waals surface area (Å²) in [5.74, 6) is -1.73. The van der Waals surface area contributed by atoms with Crippen molar-refractivity contribution in [2.75, 3.05) is 6.61 Å². The van der Waals surface area contributed by atoms with Crippen LogP contribution in [0.25, 0.3) is 0 Å². The number of amides is 1. The van der Waals surface area contributed by atoms with Gasteiger partial charge in [0.15, 0.2) is 0 Å². The Morgan fingerprint density at radius 3 is 2.33 bits per heavy atom. The molecule has 0 radical (unpaired) electrons. The van der Waals surface area contributed by atoms with Gasteiger partial charge in [-0.1, -0.05) is 0 Å². The molecule has 1 aliphatic rings. The number of nitrogens with two attached hydrogens (primary N) is 1. The molecule has 6 nitrogen and oxygen atoms in total. The van der Waals surface area contributed by atoms with Crippen LogP contribution in [0.15, 0.2) is 24.3 Å². The number of carbonyl (C=O) groups excluding carboxylic acids is 3. The van der Waals surface area contributed by atoms with E-state index in [1.54, 1.807) is 0 Å². The molecular formula is C12H11NO5. The molecule has 0 spiro atoms. The van der Waals surface area contributed by atoms with Crippen molar-refractivity contribution in [2.45, 2.75) is 12.5 Å². The van der Waals surface area contributed by atoms with Crippen molar-refractivity contribution in [1.82, 2.24) is 0 Å². The van der Waals surface area contributed by atoms with Crippen molar-refractivity contribution in [3.05, 3.63) is 35.4 Å². The first-order chi connectivity index (χ1) is 8.58. The minimum atomic E-state index is -0.840. The fraction of sp³-hybridized carbons (Fsp3) is 0.250. The van der Waals surface area contributed by atoms with Gasteiger partial charge >= 0.3 is 11.9 Å². The van der Waals surface area contributed by atoms with Gasteiger partial charge in [0, 0.05) is 12.0 Å². The van der Waals surface area contributed by atoms with Gasteiger partial charge in [-0.05, 0) is 24.3 Å². The zero-order valence-electron chi connectivity index (χ0n) is 9.42. The molecule has 1 unspecified atom stereocenters. The lowest BCUT2D eigenvalue weighted by molar-refractivity contribution is -0.145. The van der Waals surface area contributed by atoms with E-state index in [0.717, 1.165) is 0 Å². The van der Waals surface area contributed by atoms with Gasteiger partial charge in [-0.2, -0.15) is 0 Å². The van der Waals surface area contributed by atoms with Crippen molar-refractivity contribution in [3.8, 4) is 0 Å². The van der Waals surface area contributed by atoms with Gasteiger partial charge in [-0.3, -0.25) is 4.79 Å². The summed E-state index contributed by atoms with van der Waals surface area (Å²) in [7, 11) is 0. The monoisotopic (exact) mass is 249 g/mol. The fourth-order valence-electron chi connectivity index (χ4n) is 1.55. The Morgan fingerprint density at radius 1 is 1.22 bits per heavy atom. The first-order valence-corrected chi connectivity index (χ1v) is 5.35. The maximum atomic E-state index is 11.7. The van der Waals surface area contributed by atoms with Crippen LogP contribution in [-0.4, -0.2) is 30.6 Å². The normalized spacial score (nSPS) is 18.2. The fourth-order valence-corrected chi connectivity index (χ4v) is 1.55. The number of esters is 2. The lowest BCUT2D eigenvalue weighted by Gasteiger charge is -2.08. The van der Waals surface area contributed by atoms with E-state index < -0.39 is 23.9 Å². The predicted octanol–water partition coefficient (Wildman–Crippen LogP) is 0.258. The SMILES string of the molecule is NC(=O)c1ccc(C(=O)OC2CCOC2=O)cc1. The van der Waals surface area contributed by atoms with Crippen molar-refractivity contribution >= 4 is 17.8 Å². The summed E-state index contributed by atoms with van der Waals surface area (Å²) in [4.78, 5) is 33.7. The maximum absolute atomic E-state index is 11.7. The number of primary amides is 1. The van der Waals surface area contributed by atoms with Crippen molar-refractivity contribution in [3.63, 3.8) is 0 Å². The summed E-state index contributed by atoms with van der Waals surface area (Å²) < 4.78 is 9.66. The van der Waals surface area contributed by atoms with Crippen LogP contribution < -0.4 is 5.73 Å². The molecule has 1 amide bonds. The van der Waals surface area contributed by atoms with E-state index in [1.807, 2.05) is 0 Å². The van der Waals surface area contributed by atoms with E-state index in [9.17, 15) is 14.4 Å². The topological polar surface area (TPSA) is 95.7 Å². The van der Waals surface area contributed by atoms with E-state index in [-0.39, 0.29) is 12.2 Å². The third-order valence-corrected chi connectivity index (χ3v) is 2.54. The molecule has 2 rings (SSSR count). The molecule has 1 heterocycles. The minimum Gasteiger partial charge on any atom is -0.463 e. The number of carbonyl (C=O) groups is 3. The zero-order valence-corrected chi connectivity index (χ0v) is 9.42. The second kappa shape index (κ2) is 4.87. The molecule has 0 saturated carbocycles. The third-order valence-electron chi connectivity index (χ3n) is 2.54. The quantitative estimate of drug-likeness (QED) is 0.775. The molecular weight excluding hydrogens is 238 g/mol. The van der Waals surface area contributed by atoms with Gasteiger partial charge in [-0.15, -0.1) is 0 Å². The maximum Gasteiger partial charge on any atom is 0.347 e. The second-order valence-electron chi connectivity index (χ2n) is 3.79. The summed E-state index contributed by atoms with van der Waals surface area (Å²) in [5.41, 5.74) is 5.62. The van der Waals surface area contributed by atoms with Gasteiger partial charge in [0.05, 0.1) is 12.2 Å². The standard InChI is InChI=1S/C12H11NO5/c13-10(14)7-1-3-8(4-2-7)11(15)18-9-5-6-17-12(9)16/h1-4,9H,5-6H2,(H2,13,14). The van der Waals surface area contributed by atoms with Crippen molar-refractivity contribution in [1.29, 1.82) is 0 Å². The summed E-state index contributed by atoms with van der Waals surface area (Å²) >= 11 is 0. The van der Waals surface area contributed by atoms with Gasteiger partial charge in [0.1, 0.15) is 0 Å². The number of ether oxygens (including phenoxy) is 2. The van der Waals surface area contributed by atoms with Crippen LogP contribution in [0, 0.1) is 0 Å². The van der Waals surface area contributed by atoms with Crippen LogP contribution >= 0.6 is 0 Å². The average Bonchev–Trinajstić information content (AvgIpc) is 2.75. The Hall–Kier alpha value is -2.37. The number of hydrogen-bond donors (Lipinski definition) is 1. The lowest BCUT2D eigenvalue weighted by Crippen LogP contribution is -2.22. The Balaban J connectivity index is 2.04. The molecule has 94 valence electrons. The van der Waals surface area contributed by atoms with Gasteiger partial charge < -0.3 is 15.2 Å². The summed E-state index contributed by atoms with van der Waals surface area (Å²) in [6, 6.07) is 5.68. The number of benzene rings is 1. The van der Waals surface area contributed by atoms with E-state index in [0.29, 0.717) is 12.0 Å². The number of hydrogen-bond acceptors (Lipinski definition) is 5. The van der Waals surface area contributed by atoms with Crippen molar-refractivity contribution in [2.24, 2.45) is 5.73 Å². The molecule has 18 heavy (non-hydrogen) atoms. The second-order valence-corrected chi connectivity index (χ2v) is 3.79. The number of cyclic esters (lactones) is 1. The van der Waals surface area contributed by atoms with Crippen LogP contribution in [0.4, 0.5) is 0 Å². The molecule has 0 aliphatic carbocycles. The lowest BCUT2D eigenvalue weighted by atomic mass is 10.1. The van der Waals surface area contributed by atoms with E-state index in [2.05, 4.69) is 4.74 Å². The highest BCUT2D eigenvalue weighted by molar-refractivity contribution is 5.95. The molecule has 0 aromatic heterocycles. The average molecular weight is 249 g/mol. The molecule has 1 atom stereocenters. The van der Waals surface area contributed by atoms with Crippen LogP contribution in [0.1, 0.15) is 27.1 Å². The zero-order chi connectivity index (χ0) is 13.1. The predicted molar refractivity (Wildman–Crippen MR) is 59.7 cm³/mol. The third kappa shape index (κ3) is 2.48.